The Morgan fingerprint density at radius 3 is 2.04 bits per heavy atom. The largest absolute Gasteiger partial charge is 0.326 e. The van der Waals surface area contributed by atoms with Crippen LogP contribution < -0.4 is 10.6 Å². The highest BCUT2D eigenvalue weighted by atomic mass is 79.9. The Bertz CT molecular complexity index is 766. The van der Waals surface area contributed by atoms with Crippen molar-refractivity contribution in [1.82, 2.24) is 0 Å². The molecule has 1 saturated carbocycles. The number of amides is 2. The minimum Gasteiger partial charge on any atom is -0.326 e. The third-order valence-electron chi connectivity index (χ3n) is 4.31. The van der Waals surface area contributed by atoms with E-state index in [1.54, 1.807) is 0 Å². The van der Waals surface area contributed by atoms with Gasteiger partial charge in [0.25, 0.3) is 0 Å². The average Bonchev–Trinajstić information content (AvgIpc) is 3.34. The summed E-state index contributed by atoms with van der Waals surface area (Å²) < 4.78 is 0.956. The standard InChI is InChI=1S/C19H19BrN2O2/c1-11-4-3-5-12(2)17(11)22-19(24)16-10-15(16)18(23)21-14-8-6-13(20)7-9-14/h3-9,15-16H,10H2,1-2H3,(H,21,23)(H,22,24). The molecule has 124 valence electrons. The summed E-state index contributed by atoms with van der Waals surface area (Å²) in [6.45, 7) is 3.93. The molecular formula is C19H19BrN2O2. The van der Waals surface area contributed by atoms with Gasteiger partial charge in [0.15, 0.2) is 0 Å². The molecule has 5 heteroatoms. The number of anilines is 2. The molecule has 1 aliphatic rings. The number of carbonyl (C=O) groups excluding carboxylic acids is 2. The highest BCUT2D eigenvalue weighted by Crippen LogP contribution is 2.40. The van der Waals surface area contributed by atoms with Crippen molar-refractivity contribution in [2.45, 2.75) is 20.3 Å². The van der Waals surface area contributed by atoms with Gasteiger partial charge in [0.2, 0.25) is 11.8 Å². The first-order valence-electron chi connectivity index (χ1n) is 7.89. The molecule has 24 heavy (non-hydrogen) atoms. The molecule has 2 N–H and O–H groups in total. The lowest BCUT2D eigenvalue weighted by Gasteiger charge is -2.11. The second-order valence-corrected chi connectivity index (χ2v) is 7.12. The summed E-state index contributed by atoms with van der Waals surface area (Å²) in [5.41, 5.74) is 3.64. The number of halogens is 1. The fraction of sp³-hybridized carbons (Fsp3) is 0.263. The molecule has 3 rings (SSSR count). The fourth-order valence-electron chi connectivity index (χ4n) is 2.77. The summed E-state index contributed by atoms with van der Waals surface area (Å²) >= 11 is 3.36. The van der Waals surface area contributed by atoms with Crippen molar-refractivity contribution in [2.24, 2.45) is 11.8 Å². The Balaban J connectivity index is 1.59. The molecule has 0 bridgehead atoms. The molecule has 2 amide bonds. The Kier molecular flexibility index (Phi) is 4.71. The molecule has 2 aromatic carbocycles. The monoisotopic (exact) mass is 386 g/mol. The van der Waals surface area contributed by atoms with Crippen molar-refractivity contribution < 1.29 is 9.59 Å². The number of para-hydroxylation sites is 1. The highest BCUT2D eigenvalue weighted by Gasteiger charge is 2.48. The Hall–Kier alpha value is -2.14. The van der Waals surface area contributed by atoms with E-state index in [1.165, 1.54) is 0 Å². The molecule has 0 aromatic heterocycles. The number of hydrogen-bond donors (Lipinski definition) is 2. The van der Waals surface area contributed by atoms with E-state index < -0.39 is 0 Å². The molecule has 2 unspecified atom stereocenters. The van der Waals surface area contributed by atoms with E-state index in [9.17, 15) is 9.59 Å². The third kappa shape index (κ3) is 3.67. The van der Waals surface area contributed by atoms with Crippen LogP contribution >= 0.6 is 15.9 Å². The number of benzene rings is 2. The maximum Gasteiger partial charge on any atom is 0.228 e. The molecule has 0 heterocycles. The lowest BCUT2D eigenvalue weighted by atomic mass is 10.1. The van der Waals surface area contributed by atoms with Crippen molar-refractivity contribution in [3.05, 3.63) is 58.1 Å². The summed E-state index contributed by atoms with van der Waals surface area (Å²) in [4.78, 5) is 24.7. The third-order valence-corrected chi connectivity index (χ3v) is 4.83. The van der Waals surface area contributed by atoms with Crippen molar-refractivity contribution in [3.63, 3.8) is 0 Å². The minimum atomic E-state index is -0.252. The van der Waals surface area contributed by atoms with Gasteiger partial charge in [0.05, 0.1) is 11.8 Å². The van der Waals surface area contributed by atoms with Gasteiger partial charge in [-0.25, -0.2) is 0 Å². The zero-order valence-electron chi connectivity index (χ0n) is 13.6. The van der Waals surface area contributed by atoms with Crippen molar-refractivity contribution >= 4 is 39.1 Å². The number of aryl methyl sites for hydroxylation is 2. The quantitative estimate of drug-likeness (QED) is 0.823. The van der Waals surface area contributed by atoms with E-state index in [0.29, 0.717) is 6.42 Å². The molecule has 0 saturated heterocycles. The van der Waals surface area contributed by atoms with E-state index in [2.05, 4.69) is 26.6 Å². The van der Waals surface area contributed by atoms with Gasteiger partial charge in [-0.3, -0.25) is 9.59 Å². The lowest BCUT2D eigenvalue weighted by molar-refractivity contribution is -0.122. The molecular weight excluding hydrogens is 368 g/mol. The summed E-state index contributed by atoms with van der Waals surface area (Å²) in [7, 11) is 0. The van der Waals surface area contributed by atoms with Crippen LogP contribution in [-0.2, 0) is 9.59 Å². The van der Waals surface area contributed by atoms with Crippen LogP contribution in [0.15, 0.2) is 46.9 Å². The average molecular weight is 387 g/mol. The molecule has 1 aliphatic carbocycles. The van der Waals surface area contributed by atoms with E-state index in [1.807, 2.05) is 56.3 Å². The van der Waals surface area contributed by atoms with Crippen LogP contribution in [-0.4, -0.2) is 11.8 Å². The van der Waals surface area contributed by atoms with E-state index in [0.717, 1.165) is 27.0 Å². The van der Waals surface area contributed by atoms with Crippen LogP contribution in [0.3, 0.4) is 0 Å². The Morgan fingerprint density at radius 2 is 1.46 bits per heavy atom. The van der Waals surface area contributed by atoms with Gasteiger partial charge in [0, 0.05) is 15.8 Å². The van der Waals surface area contributed by atoms with Gasteiger partial charge in [-0.1, -0.05) is 34.1 Å². The van der Waals surface area contributed by atoms with Crippen LogP contribution in [0.5, 0.6) is 0 Å². The normalized spacial score (nSPS) is 18.8. The van der Waals surface area contributed by atoms with Gasteiger partial charge in [-0.2, -0.15) is 0 Å². The Labute approximate surface area is 149 Å². The zero-order chi connectivity index (χ0) is 17.3. The number of rotatable bonds is 4. The van der Waals surface area contributed by atoms with Gasteiger partial charge >= 0.3 is 0 Å². The first-order valence-corrected chi connectivity index (χ1v) is 8.68. The fourth-order valence-corrected chi connectivity index (χ4v) is 3.03. The second-order valence-electron chi connectivity index (χ2n) is 6.20. The van der Waals surface area contributed by atoms with E-state index >= 15 is 0 Å². The summed E-state index contributed by atoms with van der Waals surface area (Å²) in [5.74, 6) is -0.681. The van der Waals surface area contributed by atoms with Crippen LogP contribution in [0.1, 0.15) is 17.5 Å². The molecule has 2 atom stereocenters. The molecule has 2 aromatic rings. The second kappa shape index (κ2) is 6.77. The molecule has 0 radical (unpaired) electrons. The zero-order valence-corrected chi connectivity index (χ0v) is 15.2. The number of carbonyl (C=O) groups is 2. The smallest absolute Gasteiger partial charge is 0.228 e. The predicted molar refractivity (Wildman–Crippen MR) is 98.9 cm³/mol. The lowest BCUT2D eigenvalue weighted by Crippen LogP contribution is -2.21. The maximum atomic E-state index is 12.4. The molecule has 0 aliphatic heterocycles. The van der Waals surface area contributed by atoms with E-state index in [-0.39, 0.29) is 23.7 Å². The SMILES string of the molecule is Cc1cccc(C)c1NC(=O)C1CC1C(=O)Nc1ccc(Br)cc1. The van der Waals surface area contributed by atoms with Crippen molar-refractivity contribution in [3.8, 4) is 0 Å². The van der Waals surface area contributed by atoms with Gasteiger partial charge in [-0.15, -0.1) is 0 Å². The van der Waals surface area contributed by atoms with Crippen LogP contribution in [0, 0.1) is 25.7 Å². The summed E-state index contributed by atoms with van der Waals surface area (Å²) in [5, 5.41) is 5.83. The minimum absolute atomic E-state index is 0.0802. The summed E-state index contributed by atoms with van der Waals surface area (Å²) in [6, 6.07) is 13.3. The highest BCUT2D eigenvalue weighted by molar-refractivity contribution is 9.10. The Morgan fingerprint density at radius 1 is 0.917 bits per heavy atom. The van der Waals surface area contributed by atoms with Crippen LogP contribution in [0.25, 0.3) is 0 Å². The van der Waals surface area contributed by atoms with Crippen molar-refractivity contribution in [1.29, 1.82) is 0 Å². The molecule has 0 spiro atoms. The maximum absolute atomic E-state index is 12.4. The van der Waals surface area contributed by atoms with Gasteiger partial charge in [0.1, 0.15) is 0 Å². The number of nitrogens with one attached hydrogen (secondary N) is 2. The van der Waals surface area contributed by atoms with E-state index in [4.69, 9.17) is 0 Å². The van der Waals surface area contributed by atoms with Crippen LogP contribution in [0.2, 0.25) is 0 Å². The van der Waals surface area contributed by atoms with Crippen molar-refractivity contribution in [2.75, 3.05) is 10.6 Å². The van der Waals surface area contributed by atoms with Gasteiger partial charge < -0.3 is 10.6 Å². The first-order chi connectivity index (χ1) is 11.5. The number of hydrogen-bond acceptors (Lipinski definition) is 2. The van der Waals surface area contributed by atoms with Crippen LogP contribution in [0.4, 0.5) is 11.4 Å². The molecule has 4 nitrogen and oxygen atoms in total. The first kappa shape index (κ1) is 16.7. The van der Waals surface area contributed by atoms with Gasteiger partial charge in [-0.05, 0) is 55.7 Å². The predicted octanol–water partition coefficient (Wildman–Crippen LogP) is 4.28. The summed E-state index contributed by atoms with van der Waals surface area (Å²) in [6.07, 6.45) is 0.596. The molecule has 1 fully saturated rings. The topological polar surface area (TPSA) is 58.2 Å².